The number of hydrogen-bond donors (Lipinski definition) is 0. The third kappa shape index (κ3) is 2.48. The lowest BCUT2D eigenvalue weighted by molar-refractivity contribution is -0.181. The molecule has 0 saturated carbocycles. The van der Waals surface area contributed by atoms with Crippen molar-refractivity contribution in [2.75, 3.05) is 26.3 Å². The Labute approximate surface area is 154 Å². The number of carbonyl (C=O) groups is 1. The number of piperidine rings is 1. The summed E-state index contributed by atoms with van der Waals surface area (Å²) in [7, 11) is 1.77. The Kier molecular flexibility index (Phi) is 3.60. The van der Waals surface area contributed by atoms with Gasteiger partial charge in [-0.3, -0.25) is 14.0 Å². The fraction of sp³-hybridized carbons (Fsp3) is 0.421. The first kappa shape index (κ1) is 16.5. The van der Waals surface area contributed by atoms with E-state index in [4.69, 9.17) is 9.47 Å². The summed E-state index contributed by atoms with van der Waals surface area (Å²) in [6.45, 7) is 2.35. The van der Waals surface area contributed by atoms with Crippen molar-refractivity contribution >= 4 is 22.6 Å². The summed E-state index contributed by atoms with van der Waals surface area (Å²) in [5.41, 5.74) is 1.38. The molecule has 1 spiro atoms. The average Bonchev–Trinajstić information content (AvgIpc) is 3.28. The van der Waals surface area contributed by atoms with Gasteiger partial charge >= 0.3 is 0 Å². The van der Waals surface area contributed by atoms with Gasteiger partial charge in [-0.05, 0) is 18.2 Å². The molecule has 5 rings (SSSR count). The van der Waals surface area contributed by atoms with Crippen LogP contribution in [0, 0.1) is 0 Å². The summed E-state index contributed by atoms with van der Waals surface area (Å²) in [4.78, 5) is 32.2. The highest BCUT2D eigenvalue weighted by atomic mass is 16.7. The number of rotatable bonds is 1. The molecule has 3 aromatic heterocycles. The van der Waals surface area contributed by atoms with Crippen LogP contribution < -0.4 is 5.56 Å². The van der Waals surface area contributed by atoms with Gasteiger partial charge in [0.05, 0.1) is 18.6 Å². The van der Waals surface area contributed by atoms with Crippen molar-refractivity contribution in [3.63, 3.8) is 0 Å². The second kappa shape index (κ2) is 5.90. The Bertz CT molecular complexity index is 1100. The third-order valence-corrected chi connectivity index (χ3v) is 5.55. The number of hydrogen-bond acceptors (Lipinski definition) is 5. The van der Waals surface area contributed by atoms with Gasteiger partial charge in [-0.15, -0.1) is 0 Å². The minimum absolute atomic E-state index is 0.100. The number of pyridine rings is 1. The summed E-state index contributed by atoms with van der Waals surface area (Å²) >= 11 is 0. The van der Waals surface area contributed by atoms with Crippen molar-refractivity contribution in [3.05, 3.63) is 46.5 Å². The van der Waals surface area contributed by atoms with E-state index in [1.165, 1.54) is 4.40 Å². The molecule has 27 heavy (non-hydrogen) atoms. The van der Waals surface area contributed by atoms with Crippen LogP contribution >= 0.6 is 0 Å². The molecule has 0 aromatic carbocycles. The fourth-order valence-electron chi connectivity index (χ4n) is 4.02. The van der Waals surface area contributed by atoms with E-state index in [-0.39, 0.29) is 11.5 Å². The summed E-state index contributed by atoms with van der Waals surface area (Å²) in [5.74, 6) is -0.620. The van der Waals surface area contributed by atoms with E-state index < -0.39 is 5.79 Å². The van der Waals surface area contributed by atoms with Gasteiger partial charge in [0.15, 0.2) is 5.79 Å². The van der Waals surface area contributed by atoms with E-state index in [2.05, 4.69) is 4.98 Å². The molecule has 0 bridgehead atoms. The van der Waals surface area contributed by atoms with Crippen molar-refractivity contribution in [2.45, 2.75) is 18.6 Å². The van der Waals surface area contributed by atoms with Crippen LogP contribution in [0.15, 0.2) is 35.3 Å². The molecule has 3 aromatic rings. The van der Waals surface area contributed by atoms with Crippen LogP contribution in [-0.2, 0) is 16.5 Å². The Morgan fingerprint density at radius 1 is 1.19 bits per heavy atom. The molecule has 0 unspecified atom stereocenters. The zero-order chi connectivity index (χ0) is 18.6. The normalized spacial score (nSPS) is 19.4. The van der Waals surface area contributed by atoms with E-state index in [1.807, 2.05) is 6.07 Å². The summed E-state index contributed by atoms with van der Waals surface area (Å²) in [5, 5.41) is 0.445. The van der Waals surface area contributed by atoms with Crippen LogP contribution in [0.5, 0.6) is 0 Å². The lowest BCUT2D eigenvalue weighted by Crippen LogP contribution is -2.47. The molecular formula is C19H20N4O4. The van der Waals surface area contributed by atoms with E-state index in [0.29, 0.717) is 61.5 Å². The molecule has 140 valence electrons. The number of carbonyl (C=O) groups excluding carboxylic acids is 1. The third-order valence-electron chi connectivity index (χ3n) is 5.55. The summed E-state index contributed by atoms with van der Waals surface area (Å²) < 4.78 is 14.7. The van der Waals surface area contributed by atoms with E-state index in [1.54, 1.807) is 40.9 Å². The zero-order valence-corrected chi connectivity index (χ0v) is 15.1. The molecule has 2 aliphatic rings. The predicted octanol–water partition coefficient (Wildman–Crippen LogP) is 1.17. The van der Waals surface area contributed by atoms with Crippen molar-refractivity contribution in [1.29, 1.82) is 0 Å². The Hall–Kier alpha value is -2.71. The van der Waals surface area contributed by atoms with Gasteiger partial charge in [0.1, 0.15) is 17.0 Å². The topological polar surface area (TPSA) is 78.1 Å². The molecule has 8 nitrogen and oxygen atoms in total. The van der Waals surface area contributed by atoms with Gasteiger partial charge in [-0.2, -0.15) is 0 Å². The minimum atomic E-state index is -0.520. The van der Waals surface area contributed by atoms with E-state index in [9.17, 15) is 9.59 Å². The summed E-state index contributed by atoms with van der Waals surface area (Å²) in [6.07, 6.45) is 3.01. The van der Waals surface area contributed by atoms with Gasteiger partial charge < -0.3 is 18.9 Å². The maximum atomic E-state index is 13.1. The Balaban J connectivity index is 1.50. The van der Waals surface area contributed by atoms with Gasteiger partial charge in [-0.25, -0.2) is 4.98 Å². The predicted molar refractivity (Wildman–Crippen MR) is 97.7 cm³/mol. The number of amides is 1. The molecule has 0 N–H and O–H groups in total. The quantitative estimate of drug-likeness (QED) is 0.644. The second-order valence-corrected chi connectivity index (χ2v) is 7.07. The number of ether oxygens (including phenoxy) is 2. The molecular weight excluding hydrogens is 348 g/mol. The second-order valence-electron chi connectivity index (χ2n) is 7.07. The van der Waals surface area contributed by atoms with E-state index >= 15 is 0 Å². The Morgan fingerprint density at radius 3 is 2.67 bits per heavy atom. The van der Waals surface area contributed by atoms with Crippen LogP contribution in [0.25, 0.3) is 16.7 Å². The van der Waals surface area contributed by atoms with Crippen molar-refractivity contribution in [3.8, 4) is 0 Å². The fourth-order valence-corrected chi connectivity index (χ4v) is 4.02. The standard InChI is InChI=1S/C19H20N4O4/c1-21-14(18(25)22-8-5-19(6-9-22)26-10-11-27-19)12-13-16(21)20-15-4-2-3-7-23(15)17(13)24/h2-4,7,12H,5-6,8-11H2,1H3. The first-order valence-electron chi connectivity index (χ1n) is 9.12. The van der Waals surface area contributed by atoms with Crippen molar-refractivity contribution in [2.24, 2.45) is 7.05 Å². The highest BCUT2D eigenvalue weighted by Gasteiger charge is 2.41. The van der Waals surface area contributed by atoms with Crippen LogP contribution in [0.2, 0.25) is 0 Å². The molecule has 0 atom stereocenters. The molecule has 2 saturated heterocycles. The monoisotopic (exact) mass is 368 g/mol. The number of fused-ring (bicyclic) bond motifs is 2. The van der Waals surface area contributed by atoms with Crippen molar-refractivity contribution in [1.82, 2.24) is 18.9 Å². The highest BCUT2D eigenvalue weighted by Crippen LogP contribution is 2.32. The molecule has 5 heterocycles. The lowest BCUT2D eigenvalue weighted by Gasteiger charge is -2.37. The van der Waals surface area contributed by atoms with Gasteiger partial charge in [-0.1, -0.05) is 6.07 Å². The molecule has 8 heteroatoms. The van der Waals surface area contributed by atoms with Gasteiger partial charge in [0.2, 0.25) is 0 Å². The Morgan fingerprint density at radius 2 is 1.93 bits per heavy atom. The van der Waals surface area contributed by atoms with Crippen LogP contribution in [0.3, 0.4) is 0 Å². The van der Waals surface area contributed by atoms with Crippen LogP contribution in [0.1, 0.15) is 23.3 Å². The first-order valence-corrected chi connectivity index (χ1v) is 9.12. The number of aryl methyl sites for hydroxylation is 1. The van der Waals surface area contributed by atoms with Crippen LogP contribution in [-0.4, -0.2) is 56.8 Å². The SMILES string of the molecule is Cn1c(C(=O)N2CCC3(CC2)OCCO3)cc2c(=O)n3ccccc3nc21. The minimum Gasteiger partial charge on any atom is -0.347 e. The number of nitrogens with zero attached hydrogens (tertiary/aromatic N) is 4. The average molecular weight is 368 g/mol. The molecule has 1 amide bonds. The largest absolute Gasteiger partial charge is 0.347 e. The maximum absolute atomic E-state index is 13.1. The molecule has 0 radical (unpaired) electrons. The van der Waals surface area contributed by atoms with Gasteiger partial charge in [0, 0.05) is 39.2 Å². The number of aromatic nitrogens is 3. The smallest absolute Gasteiger partial charge is 0.270 e. The highest BCUT2D eigenvalue weighted by molar-refractivity contribution is 5.98. The number of likely N-dealkylation sites (tertiary alicyclic amines) is 1. The molecule has 2 fully saturated rings. The van der Waals surface area contributed by atoms with Gasteiger partial charge in [0.25, 0.3) is 11.5 Å². The van der Waals surface area contributed by atoms with Crippen molar-refractivity contribution < 1.29 is 14.3 Å². The lowest BCUT2D eigenvalue weighted by atomic mass is 10.0. The maximum Gasteiger partial charge on any atom is 0.270 e. The van der Waals surface area contributed by atoms with E-state index in [0.717, 1.165) is 0 Å². The zero-order valence-electron chi connectivity index (χ0n) is 15.1. The summed E-state index contributed by atoms with van der Waals surface area (Å²) in [6, 6.07) is 7.05. The molecule has 2 aliphatic heterocycles. The first-order chi connectivity index (χ1) is 13.1. The van der Waals surface area contributed by atoms with Crippen LogP contribution in [0.4, 0.5) is 0 Å². The molecule has 0 aliphatic carbocycles.